The molecule has 3 aromatic carbocycles. The number of fused-ring (bicyclic) bond motifs is 1. The van der Waals surface area contributed by atoms with Gasteiger partial charge in [-0.1, -0.05) is 55.3 Å². The van der Waals surface area contributed by atoms with Crippen LogP contribution in [0.3, 0.4) is 0 Å². The van der Waals surface area contributed by atoms with E-state index in [9.17, 15) is 13.2 Å². The van der Waals surface area contributed by atoms with Crippen LogP contribution in [0.1, 0.15) is 48.3 Å². The molecule has 0 bridgehead atoms. The second kappa shape index (κ2) is 10.9. The van der Waals surface area contributed by atoms with Crippen LogP contribution in [0.4, 0.5) is 17.1 Å². The summed E-state index contributed by atoms with van der Waals surface area (Å²) in [6.07, 6.45) is 6.25. The largest absolute Gasteiger partial charge is 0.325 e. The fourth-order valence-electron chi connectivity index (χ4n) is 5.08. The maximum Gasteiger partial charge on any atom is 0.238 e. The highest BCUT2D eigenvalue weighted by Gasteiger charge is 2.35. The van der Waals surface area contributed by atoms with E-state index in [1.54, 1.807) is 18.2 Å². The summed E-state index contributed by atoms with van der Waals surface area (Å²) in [6.45, 7) is 3.22. The molecule has 0 radical (unpaired) electrons. The molecule has 1 unspecified atom stereocenters. The molecule has 3 aromatic rings. The zero-order valence-corrected chi connectivity index (χ0v) is 21.8. The van der Waals surface area contributed by atoms with Gasteiger partial charge in [0.1, 0.15) is 5.92 Å². The lowest BCUT2D eigenvalue weighted by Gasteiger charge is -2.19. The third-order valence-electron chi connectivity index (χ3n) is 6.82. The molecule has 7 nitrogen and oxygen atoms in total. The summed E-state index contributed by atoms with van der Waals surface area (Å²) < 4.78 is 26.1. The number of carbonyl (C=O) groups excluding carboxylic acids is 1. The van der Waals surface area contributed by atoms with Crippen molar-refractivity contribution in [3.63, 3.8) is 0 Å². The Kier molecular flexibility index (Phi) is 7.39. The quantitative estimate of drug-likeness (QED) is 0.418. The first kappa shape index (κ1) is 25.2. The van der Waals surface area contributed by atoms with E-state index in [-0.39, 0.29) is 5.91 Å². The number of nitrogens with zero attached hydrogens (tertiary/aromatic N) is 2. The summed E-state index contributed by atoms with van der Waals surface area (Å²) in [6, 6.07) is 23.0. The van der Waals surface area contributed by atoms with Crippen LogP contribution in [-0.2, 0) is 21.4 Å². The molecule has 2 heterocycles. The zero-order chi connectivity index (χ0) is 25.8. The van der Waals surface area contributed by atoms with Gasteiger partial charge in [0.2, 0.25) is 15.9 Å². The van der Waals surface area contributed by atoms with Crippen LogP contribution in [0.25, 0.3) is 0 Å². The van der Waals surface area contributed by atoms with Gasteiger partial charge in [-0.05, 0) is 73.0 Å². The SMILES string of the molecule is CS(=O)(=O)Nc1ccc2c(c1)C(C(=Nc1ccc(CN3CCCCCC3)cc1)c1ccccc1)C(=O)N2. The van der Waals surface area contributed by atoms with E-state index in [2.05, 4.69) is 27.1 Å². The molecule has 2 aliphatic rings. The molecular weight excluding hydrogens is 484 g/mol. The average Bonchev–Trinajstić information content (AvgIpc) is 3.02. The van der Waals surface area contributed by atoms with Gasteiger partial charge < -0.3 is 5.32 Å². The maximum absolute atomic E-state index is 13.2. The Morgan fingerprint density at radius 3 is 2.35 bits per heavy atom. The van der Waals surface area contributed by atoms with Crippen LogP contribution in [-0.4, -0.2) is 44.3 Å². The van der Waals surface area contributed by atoms with Gasteiger partial charge in [-0.3, -0.25) is 19.4 Å². The average molecular weight is 517 g/mol. The number of hydrogen-bond donors (Lipinski definition) is 2. The molecule has 1 fully saturated rings. The third-order valence-corrected chi connectivity index (χ3v) is 7.43. The van der Waals surface area contributed by atoms with Crippen LogP contribution in [0, 0.1) is 0 Å². The van der Waals surface area contributed by atoms with E-state index in [4.69, 9.17) is 4.99 Å². The number of amides is 1. The highest BCUT2D eigenvalue weighted by Crippen LogP contribution is 2.38. The first-order chi connectivity index (χ1) is 17.9. The molecule has 37 heavy (non-hydrogen) atoms. The summed E-state index contributed by atoms with van der Waals surface area (Å²) in [4.78, 5) is 20.7. The van der Waals surface area contributed by atoms with Crippen LogP contribution >= 0.6 is 0 Å². The molecule has 1 saturated heterocycles. The summed E-state index contributed by atoms with van der Waals surface area (Å²) in [7, 11) is -3.45. The van der Waals surface area contributed by atoms with E-state index in [1.165, 1.54) is 31.2 Å². The molecule has 0 spiro atoms. The van der Waals surface area contributed by atoms with E-state index in [1.807, 2.05) is 42.5 Å². The van der Waals surface area contributed by atoms with Crippen molar-refractivity contribution < 1.29 is 13.2 Å². The molecule has 1 atom stereocenters. The van der Waals surface area contributed by atoms with Gasteiger partial charge in [-0.25, -0.2) is 8.42 Å². The fourth-order valence-corrected chi connectivity index (χ4v) is 5.64. The van der Waals surface area contributed by atoms with Crippen molar-refractivity contribution in [1.29, 1.82) is 0 Å². The Hall–Kier alpha value is -3.49. The Labute approximate surface area is 218 Å². The van der Waals surface area contributed by atoms with Crippen molar-refractivity contribution in [2.45, 2.75) is 38.1 Å². The fraction of sp³-hybridized carbons (Fsp3) is 0.310. The van der Waals surface area contributed by atoms with Gasteiger partial charge in [-0.2, -0.15) is 0 Å². The molecular formula is C29H32N4O3S. The van der Waals surface area contributed by atoms with Crippen molar-refractivity contribution in [1.82, 2.24) is 4.90 Å². The molecule has 0 saturated carbocycles. The van der Waals surface area contributed by atoms with Crippen molar-refractivity contribution in [2.24, 2.45) is 4.99 Å². The molecule has 2 N–H and O–H groups in total. The van der Waals surface area contributed by atoms with Crippen LogP contribution in [0.5, 0.6) is 0 Å². The number of sulfonamides is 1. The monoisotopic (exact) mass is 516 g/mol. The molecule has 2 aliphatic heterocycles. The second-order valence-corrected chi connectivity index (χ2v) is 11.6. The zero-order valence-electron chi connectivity index (χ0n) is 21.0. The van der Waals surface area contributed by atoms with Gasteiger partial charge in [0, 0.05) is 17.9 Å². The highest BCUT2D eigenvalue weighted by atomic mass is 32.2. The number of anilines is 2. The molecule has 8 heteroatoms. The van der Waals surface area contributed by atoms with Gasteiger partial charge in [0.15, 0.2) is 0 Å². The summed E-state index contributed by atoms with van der Waals surface area (Å²) in [5.41, 5.74) is 5.24. The van der Waals surface area contributed by atoms with Gasteiger partial charge >= 0.3 is 0 Å². The van der Waals surface area contributed by atoms with E-state index >= 15 is 0 Å². The molecule has 192 valence electrons. The molecule has 1 amide bonds. The second-order valence-electron chi connectivity index (χ2n) is 9.82. The Balaban J connectivity index is 1.48. The van der Waals surface area contributed by atoms with Crippen LogP contribution < -0.4 is 10.0 Å². The van der Waals surface area contributed by atoms with E-state index in [0.29, 0.717) is 22.6 Å². The normalized spacial score (nSPS) is 18.7. The minimum absolute atomic E-state index is 0.188. The topological polar surface area (TPSA) is 90.9 Å². The maximum atomic E-state index is 13.2. The predicted molar refractivity (Wildman–Crippen MR) is 149 cm³/mol. The predicted octanol–water partition coefficient (Wildman–Crippen LogP) is 5.29. The summed E-state index contributed by atoms with van der Waals surface area (Å²) in [5, 5.41) is 2.93. The highest BCUT2D eigenvalue weighted by molar-refractivity contribution is 7.92. The number of rotatable bonds is 7. The molecule has 0 aliphatic carbocycles. The van der Waals surface area contributed by atoms with Crippen LogP contribution in [0.15, 0.2) is 77.8 Å². The number of aliphatic imine (C=N–C) groups is 1. The number of nitrogens with one attached hydrogen (secondary N) is 2. The molecule has 5 rings (SSSR count). The van der Waals surface area contributed by atoms with Crippen molar-refractivity contribution in [3.05, 3.63) is 89.5 Å². The minimum Gasteiger partial charge on any atom is -0.325 e. The van der Waals surface area contributed by atoms with E-state index in [0.717, 1.165) is 37.1 Å². The van der Waals surface area contributed by atoms with Crippen molar-refractivity contribution >= 4 is 38.7 Å². The lowest BCUT2D eigenvalue weighted by atomic mass is 9.90. The van der Waals surface area contributed by atoms with Gasteiger partial charge in [0.25, 0.3) is 0 Å². The standard InChI is InChI=1S/C29H32N4O3S/c1-37(35,36)32-24-15-16-26-25(19-24)27(29(34)31-26)28(22-9-5-4-6-10-22)30-23-13-11-21(12-14-23)20-33-17-7-2-3-8-18-33/h4-6,9-16,19,27,32H,2-3,7-8,17-18,20H2,1H3,(H,31,34). The third kappa shape index (κ3) is 6.26. The lowest BCUT2D eigenvalue weighted by molar-refractivity contribution is -0.115. The van der Waals surface area contributed by atoms with Crippen molar-refractivity contribution in [2.75, 3.05) is 29.4 Å². The van der Waals surface area contributed by atoms with Crippen molar-refractivity contribution in [3.8, 4) is 0 Å². The van der Waals surface area contributed by atoms with E-state index < -0.39 is 15.9 Å². The molecule has 0 aromatic heterocycles. The van der Waals surface area contributed by atoms with Crippen LogP contribution in [0.2, 0.25) is 0 Å². The Bertz CT molecular complexity index is 1390. The van der Waals surface area contributed by atoms with Gasteiger partial charge in [0.05, 0.1) is 17.7 Å². The number of carbonyl (C=O) groups is 1. The number of likely N-dealkylation sites (tertiary alicyclic amines) is 1. The Morgan fingerprint density at radius 2 is 1.68 bits per heavy atom. The first-order valence-electron chi connectivity index (χ1n) is 12.7. The summed E-state index contributed by atoms with van der Waals surface area (Å²) in [5.74, 6) is -0.859. The minimum atomic E-state index is -3.45. The summed E-state index contributed by atoms with van der Waals surface area (Å²) >= 11 is 0. The first-order valence-corrected chi connectivity index (χ1v) is 14.6. The number of hydrogen-bond acceptors (Lipinski definition) is 5. The Morgan fingerprint density at radius 1 is 0.973 bits per heavy atom. The van der Waals surface area contributed by atoms with Gasteiger partial charge in [-0.15, -0.1) is 0 Å². The smallest absolute Gasteiger partial charge is 0.238 e. The lowest BCUT2D eigenvalue weighted by Crippen LogP contribution is -2.23. The number of benzene rings is 3.